The maximum Gasteiger partial charge on any atom is 0.358 e. The number of aromatic nitrogens is 2. The number of anilines is 1. The molecule has 0 amide bonds. The number of nitrogens with one attached hydrogen (secondary N) is 1. The Morgan fingerprint density at radius 2 is 2.09 bits per heavy atom. The van der Waals surface area contributed by atoms with Crippen LogP contribution in [0.25, 0.3) is 0 Å². The molecule has 122 valence electrons. The normalized spacial score (nSPS) is 18.5. The average Bonchev–Trinajstić information content (AvgIpc) is 2.54. The van der Waals surface area contributed by atoms with Crippen LogP contribution in [0.3, 0.4) is 0 Å². The molecule has 1 aromatic heterocycles. The molecule has 1 heterocycles. The fourth-order valence-corrected chi connectivity index (χ4v) is 2.87. The van der Waals surface area contributed by atoms with Crippen LogP contribution >= 0.6 is 0 Å². The standard InChI is InChI=1S/C16H25N3O3/c1-3-22-15(20)13-9-18-14(10-17-13)19-11-16(2,21)12-7-5-4-6-8-12/h9-10,12,21H,3-8,11H2,1-2H3,(H,18,19). The van der Waals surface area contributed by atoms with Gasteiger partial charge in [-0.05, 0) is 32.6 Å². The second-order valence-electron chi connectivity index (χ2n) is 6.05. The van der Waals surface area contributed by atoms with Crippen molar-refractivity contribution in [3.05, 3.63) is 18.1 Å². The molecule has 2 rings (SSSR count). The van der Waals surface area contributed by atoms with Crippen LogP contribution in [0.1, 0.15) is 56.4 Å². The lowest BCUT2D eigenvalue weighted by Gasteiger charge is -2.35. The highest BCUT2D eigenvalue weighted by Gasteiger charge is 2.32. The van der Waals surface area contributed by atoms with Gasteiger partial charge in [0.15, 0.2) is 5.69 Å². The molecule has 1 saturated carbocycles. The third-order valence-electron chi connectivity index (χ3n) is 4.25. The van der Waals surface area contributed by atoms with Crippen molar-refractivity contribution < 1.29 is 14.6 Å². The predicted octanol–water partition coefficient (Wildman–Crippen LogP) is 2.40. The first-order valence-corrected chi connectivity index (χ1v) is 7.98. The zero-order valence-corrected chi connectivity index (χ0v) is 13.3. The molecular weight excluding hydrogens is 282 g/mol. The van der Waals surface area contributed by atoms with Crippen LogP contribution in [-0.2, 0) is 4.74 Å². The van der Waals surface area contributed by atoms with Gasteiger partial charge in [0.1, 0.15) is 5.82 Å². The molecule has 1 atom stereocenters. The number of aliphatic hydroxyl groups is 1. The highest BCUT2D eigenvalue weighted by atomic mass is 16.5. The first-order valence-electron chi connectivity index (χ1n) is 7.98. The van der Waals surface area contributed by atoms with E-state index in [2.05, 4.69) is 15.3 Å². The number of rotatable bonds is 6. The zero-order valence-electron chi connectivity index (χ0n) is 13.3. The Bertz CT molecular complexity index is 482. The van der Waals surface area contributed by atoms with Crippen LogP contribution in [0.2, 0.25) is 0 Å². The molecule has 0 spiro atoms. The summed E-state index contributed by atoms with van der Waals surface area (Å²) in [6.07, 6.45) is 8.66. The quantitative estimate of drug-likeness (QED) is 0.785. The number of hydrogen-bond donors (Lipinski definition) is 2. The predicted molar refractivity (Wildman–Crippen MR) is 83.7 cm³/mol. The van der Waals surface area contributed by atoms with Gasteiger partial charge in [-0.25, -0.2) is 14.8 Å². The van der Waals surface area contributed by atoms with Crippen LogP contribution in [-0.4, -0.2) is 39.8 Å². The van der Waals surface area contributed by atoms with Gasteiger partial charge in [-0.1, -0.05) is 19.3 Å². The second-order valence-corrected chi connectivity index (χ2v) is 6.05. The van der Waals surface area contributed by atoms with Gasteiger partial charge in [0, 0.05) is 6.54 Å². The van der Waals surface area contributed by atoms with E-state index >= 15 is 0 Å². The molecule has 0 aliphatic heterocycles. The molecule has 1 fully saturated rings. The van der Waals surface area contributed by atoms with E-state index in [9.17, 15) is 9.90 Å². The van der Waals surface area contributed by atoms with Gasteiger partial charge in [0.25, 0.3) is 0 Å². The van der Waals surface area contributed by atoms with E-state index in [1.54, 1.807) is 6.92 Å². The SMILES string of the molecule is CCOC(=O)c1cnc(NCC(C)(O)C2CCCCC2)cn1. The van der Waals surface area contributed by atoms with Gasteiger partial charge in [-0.2, -0.15) is 0 Å². The summed E-state index contributed by atoms with van der Waals surface area (Å²) in [7, 11) is 0. The van der Waals surface area contributed by atoms with E-state index in [-0.39, 0.29) is 5.69 Å². The minimum Gasteiger partial charge on any atom is -0.461 e. The van der Waals surface area contributed by atoms with Crippen LogP contribution < -0.4 is 5.32 Å². The summed E-state index contributed by atoms with van der Waals surface area (Å²) in [6, 6.07) is 0. The molecule has 0 saturated heterocycles. The number of carbonyl (C=O) groups is 1. The third kappa shape index (κ3) is 4.40. The summed E-state index contributed by atoms with van der Waals surface area (Å²) in [5, 5.41) is 13.7. The number of ether oxygens (including phenoxy) is 1. The Hall–Kier alpha value is -1.69. The first kappa shape index (κ1) is 16.7. The number of nitrogens with zero attached hydrogens (tertiary/aromatic N) is 2. The fourth-order valence-electron chi connectivity index (χ4n) is 2.87. The van der Waals surface area contributed by atoms with E-state index in [0.717, 1.165) is 12.8 Å². The van der Waals surface area contributed by atoms with Gasteiger partial charge in [-0.15, -0.1) is 0 Å². The summed E-state index contributed by atoms with van der Waals surface area (Å²) < 4.78 is 4.86. The summed E-state index contributed by atoms with van der Waals surface area (Å²) in [5.41, 5.74) is -0.575. The lowest BCUT2D eigenvalue weighted by Crippen LogP contribution is -2.42. The van der Waals surface area contributed by atoms with E-state index in [1.807, 2.05) is 6.92 Å². The minimum atomic E-state index is -0.762. The summed E-state index contributed by atoms with van der Waals surface area (Å²) in [6.45, 7) is 4.35. The van der Waals surface area contributed by atoms with Gasteiger partial charge in [-0.3, -0.25) is 0 Å². The molecule has 0 aromatic carbocycles. The van der Waals surface area contributed by atoms with E-state index in [4.69, 9.17) is 4.74 Å². The molecule has 0 bridgehead atoms. The first-order chi connectivity index (χ1) is 10.5. The lowest BCUT2D eigenvalue weighted by molar-refractivity contribution is -0.00452. The molecule has 0 radical (unpaired) electrons. The molecule has 6 nitrogen and oxygen atoms in total. The Morgan fingerprint density at radius 3 is 2.68 bits per heavy atom. The maximum absolute atomic E-state index is 11.5. The molecule has 1 unspecified atom stereocenters. The van der Waals surface area contributed by atoms with Crippen LogP contribution in [0, 0.1) is 5.92 Å². The van der Waals surface area contributed by atoms with Crippen molar-refractivity contribution >= 4 is 11.8 Å². The Balaban J connectivity index is 1.89. The third-order valence-corrected chi connectivity index (χ3v) is 4.25. The van der Waals surface area contributed by atoms with Crippen molar-refractivity contribution in [2.75, 3.05) is 18.5 Å². The van der Waals surface area contributed by atoms with Gasteiger partial charge < -0.3 is 15.2 Å². The summed E-state index contributed by atoms with van der Waals surface area (Å²) in [4.78, 5) is 19.7. The molecule has 1 aromatic rings. The second kappa shape index (κ2) is 7.54. The van der Waals surface area contributed by atoms with E-state index in [1.165, 1.54) is 31.7 Å². The van der Waals surface area contributed by atoms with Crippen LogP contribution in [0.5, 0.6) is 0 Å². The van der Waals surface area contributed by atoms with Crippen molar-refractivity contribution in [2.45, 2.75) is 51.6 Å². The topological polar surface area (TPSA) is 84.3 Å². The van der Waals surface area contributed by atoms with E-state index in [0.29, 0.717) is 24.9 Å². The molecule has 2 N–H and O–H groups in total. The molecule has 6 heteroatoms. The zero-order chi connectivity index (χ0) is 16.0. The molecule has 22 heavy (non-hydrogen) atoms. The van der Waals surface area contributed by atoms with Gasteiger partial charge in [0.05, 0.1) is 24.6 Å². The fraction of sp³-hybridized carbons (Fsp3) is 0.688. The summed E-state index contributed by atoms with van der Waals surface area (Å²) >= 11 is 0. The van der Waals surface area contributed by atoms with Crippen LogP contribution in [0.4, 0.5) is 5.82 Å². The van der Waals surface area contributed by atoms with Crippen molar-refractivity contribution in [1.29, 1.82) is 0 Å². The Kier molecular flexibility index (Phi) is 5.71. The monoisotopic (exact) mass is 307 g/mol. The lowest BCUT2D eigenvalue weighted by atomic mass is 9.78. The van der Waals surface area contributed by atoms with Crippen LogP contribution in [0.15, 0.2) is 12.4 Å². The average molecular weight is 307 g/mol. The Labute approximate surface area is 131 Å². The molecule has 1 aliphatic rings. The maximum atomic E-state index is 11.5. The highest BCUT2D eigenvalue weighted by molar-refractivity contribution is 5.86. The van der Waals surface area contributed by atoms with Crippen molar-refractivity contribution in [1.82, 2.24) is 9.97 Å². The minimum absolute atomic E-state index is 0.187. The highest BCUT2D eigenvalue weighted by Crippen LogP contribution is 2.32. The van der Waals surface area contributed by atoms with Gasteiger partial charge in [0.2, 0.25) is 0 Å². The molecular formula is C16H25N3O3. The smallest absolute Gasteiger partial charge is 0.358 e. The van der Waals surface area contributed by atoms with Gasteiger partial charge >= 0.3 is 5.97 Å². The number of hydrogen-bond acceptors (Lipinski definition) is 6. The summed E-state index contributed by atoms with van der Waals surface area (Å²) in [5.74, 6) is 0.389. The van der Waals surface area contributed by atoms with Crippen molar-refractivity contribution in [3.63, 3.8) is 0 Å². The van der Waals surface area contributed by atoms with E-state index < -0.39 is 11.6 Å². The van der Waals surface area contributed by atoms with Crippen molar-refractivity contribution in [2.24, 2.45) is 5.92 Å². The number of carbonyl (C=O) groups excluding carboxylic acids is 1. The number of esters is 1. The molecule has 1 aliphatic carbocycles. The van der Waals surface area contributed by atoms with Crippen molar-refractivity contribution in [3.8, 4) is 0 Å². The largest absolute Gasteiger partial charge is 0.461 e. The Morgan fingerprint density at radius 1 is 1.36 bits per heavy atom.